The van der Waals surface area contributed by atoms with Gasteiger partial charge in [-0.1, -0.05) is 67.1 Å². The Hall–Kier alpha value is -4.74. The first-order valence-electron chi connectivity index (χ1n) is 16.4. The highest BCUT2D eigenvalue weighted by Crippen LogP contribution is 2.33. The number of benzene rings is 4. The number of nitrogens with zero attached hydrogens (tertiary/aromatic N) is 2. The Bertz CT molecular complexity index is 1840. The Morgan fingerprint density at radius 3 is 2.14 bits per heavy atom. The van der Waals surface area contributed by atoms with Crippen LogP contribution in [0.25, 0.3) is 0 Å². The van der Waals surface area contributed by atoms with Crippen molar-refractivity contribution < 1.29 is 32.2 Å². The summed E-state index contributed by atoms with van der Waals surface area (Å²) in [5.74, 6) is 0.117. The molecule has 0 unspecified atom stereocenters. The van der Waals surface area contributed by atoms with Crippen molar-refractivity contribution in [3.8, 4) is 17.2 Å². The van der Waals surface area contributed by atoms with Gasteiger partial charge in [0.25, 0.3) is 10.0 Å². The van der Waals surface area contributed by atoms with Crippen molar-refractivity contribution in [2.24, 2.45) is 0 Å². The minimum absolute atomic E-state index is 0.0442. The van der Waals surface area contributed by atoms with Crippen LogP contribution in [0.1, 0.15) is 38.3 Å². The number of carbonyl (C=O) groups excluding carboxylic acids is 2. The fraction of sp³-hybridized carbons (Fsp3) is 0.316. The van der Waals surface area contributed by atoms with Gasteiger partial charge in [0.2, 0.25) is 11.8 Å². The third-order valence-electron chi connectivity index (χ3n) is 8.23. The minimum Gasteiger partial charge on any atom is -0.494 e. The first kappa shape index (κ1) is 38.1. The highest BCUT2D eigenvalue weighted by molar-refractivity contribution is 7.92. The van der Waals surface area contributed by atoms with Gasteiger partial charge in [0, 0.05) is 30.1 Å². The number of carbonyl (C=O) groups is 2. The molecular formula is C38H44ClN3O7S. The Morgan fingerprint density at radius 1 is 0.860 bits per heavy atom. The van der Waals surface area contributed by atoms with Crippen molar-refractivity contribution in [2.75, 3.05) is 31.7 Å². The van der Waals surface area contributed by atoms with Gasteiger partial charge in [-0.15, -0.1) is 0 Å². The van der Waals surface area contributed by atoms with Crippen LogP contribution in [-0.2, 0) is 32.6 Å². The van der Waals surface area contributed by atoms with Crippen LogP contribution in [0.5, 0.6) is 17.2 Å². The van der Waals surface area contributed by atoms with Crippen molar-refractivity contribution in [2.45, 2.75) is 57.1 Å². The molecule has 0 bridgehead atoms. The van der Waals surface area contributed by atoms with E-state index in [4.69, 9.17) is 25.8 Å². The summed E-state index contributed by atoms with van der Waals surface area (Å²) in [5.41, 5.74) is 1.65. The number of halogens is 1. The summed E-state index contributed by atoms with van der Waals surface area (Å²) >= 11 is 6.59. The third-order valence-corrected chi connectivity index (χ3v) is 10.4. The molecule has 0 spiro atoms. The molecular weight excluding hydrogens is 678 g/mol. The highest BCUT2D eigenvalue weighted by Gasteiger charge is 2.35. The number of rotatable bonds is 17. The van der Waals surface area contributed by atoms with Crippen LogP contribution in [0.3, 0.4) is 0 Å². The van der Waals surface area contributed by atoms with Crippen molar-refractivity contribution in [3.63, 3.8) is 0 Å². The molecule has 10 nitrogen and oxygen atoms in total. The lowest BCUT2D eigenvalue weighted by molar-refractivity contribution is -0.140. The number of ether oxygens (including phenoxy) is 3. The molecule has 0 saturated carbocycles. The Labute approximate surface area is 300 Å². The van der Waals surface area contributed by atoms with Gasteiger partial charge in [-0.05, 0) is 73.9 Å². The molecule has 12 heteroatoms. The van der Waals surface area contributed by atoms with E-state index in [2.05, 4.69) is 5.32 Å². The molecule has 4 rings (SSSR count). The second kappa shape index (κ2) is 17.8. The smallest absolute Gasteiger partial charge is 0.264 e. The molecule has 0 aliphatic rings. The van der Waals surface area contributed by atoms with Gasteiger partial charge in [-0.3, -0.25) is 13.9 Å². The lowest BCUT2D eigenvalue weighted by atomic mass is 10.0. The maximum atomic E-state index is 14.7. The monoisotopic (exact) mass is 721 g/mol. The lowest BCUT2D eigenvalue weighted by Gasteiger charge is -2.34. The van der Waals surface area contributed by atoms with Crippen LogP contribution in [0.4, 0.5) is 5.69 Å². The summed E-state index contributed by atoms with van der Waals surface area (Å²) in [4.78, 5) is 30.1. The van der Waals surface area contributed by atoms with Crippen LogP contribution in [0.2, 0.25) is 5.02 Å². The fourth-order valence-corrected chi connectivity index (χ4v) is 6.94. The van der Waals surface area contributed by atoms with Crippen molar-refractivity contribution in [1.82, 2.24) is 10.2 Å². The Balaban J connectivity index is 1.85. The first-order valence-corrected chi connectivity index (χ1v) is 18.2. The van der Waals surface area contributed by atoms with E-state index in [1.165, 1.54) is 37.3 Å². The van der Waals surface area contributed by atoms with Crippen molar-refractivity contribution in [1.29, 1.82) is 0 Å². The molecule has 4 aromatic rings. The zero-order valence-corrected chi connectivity index (χ0v) is 30.5. The number of hydrogen-bond acceptors (Lipinski definition) is 7. The van der Waals surface area contributed by atoms with E-state index < -0.39 is 28.5 Å². The topological polar surface area (TPSA) is 114 Å². The molecule has 2 amide bonds. The van der Waals surface area contributed by atoms with Gasteiger partial charge >= 0.3 is 0 Å². The summed E-state index contributed by atoms with van der Waals surface area (Å²) in [5, 5.41) is 3.44. The molecule has 0 aliphatic heterocycles. The lowest BCUT2D eigenvalue weighted by Crippen LogP contribution is -2.54. The molecule has 1 N–H and O–H groups in total. The van der Waals surface area contributed by atoms with E-state index in [1.54, 1.807) is 48.5 Å². The molecule has 0 radical (unpaired) electrons. The van der Waals surface area contributed by atoms with Crippen LogP contribution in [-0.4, -0.2) is 64.6 Å². The van der Waals surface area contributed by atoms with E-state index in [-0.39, 0.29) is 41.2 Å². The Kier molecular flexibility index (Phi) is 13.5. The first-order chi connectivity index (χ1) is 24.0. The molecule has 0 aliphatic carbocycles. The summed E-state index contributed by atoms with van der Waals surface area (Å²) in [6.07, 6.45) is 0.863. The molecule has 2 atom stereocenters. The maximum Gasteiger partial charge on any atom is 0.264 e. The summed E-state index contributed by atoms with van der Waals surface area (Å²) in [6, 6.07) is 25.9. The predicted octanol–water partition coefficient (Wildman–Crippen LogP) is 6.51. The molecule has 0 fully saturated rings. The van der Waals surface area contributed by atoms with E-state index in [0.29, 0.717) is 35.1 Å². The quantitative estimate of drug-likeness (QED) is 0.132. The SMILES string of the molecule is CCOc1ccc(N(CC(=O)N(Cc2ccccc2Cl)[C@H](Cc2ccccc2)C(=O)N[C@@H](C)CC)S(=O)(=O)c2ccc(OC)c(OC)c2)cc1. The average molecular weight is 722 g/mol. The van der Waals surface area contributed by atoms with Crippen molar-refractivity contribution >= 4 is 39.1 Å². The van der Waals surface area contributed by atoms with Crippen LogP contribution in [0.15, 0.2) is 102 Å². The standard InChI is InChI=1S/C38H44ClN3O7S/c1-6-27(3)40-38(44)34(23-28-13-9-8-10-14-28)41(25-29-15-11-12-16-33(29)39)37(43)26-42(30-17-19-31(20-18-30)49-7-2)50(45,46)32-21-22-35(47-4)36(24-32)48-5/h8-22,24,27,34H,6-7,23,25-26H2,1-5H3,(H,40,44)/t27-,34+/m0/s1. The van der Waals surface area contributed by atoms with E-state index >= 15 is 0 Å². The molecule has 0 aromatic heterocycles. The summed E-state index contributed by atoms with van der Waals surface area (Å²) < 4.78 is 46.3. The van der Waals surface area contributed by atoms with Gasteiger partial charge in [0.05, 0.1) is 31.4 Å². The molecule has 0 saturated heterocycles. The number of nitrogens with one attached hydrogen (secondary N) is 1. The summed E-state index contributed by atoms with van der Waals surface area (Å²) in [7, 11) is -1.53. The van der Waals surface area contributed by atoms with E-state index in [9.17, 15) is 18.0 Å². The largest absolute Gasteiger partial charge is 0.494 e. The van der Waals surface area contributed by atoms with Crippen LogP contribution >= 0.6 is 11.6 Å². The number of hydrogen-bond donors (Lipinski definition) is 1. The van der Waals surface area contributed by atoms with Gasteiger partial charge in [-0.2, -0.15) is 0 Å². The van der Waals surface area contributed by atoms with Gasteiger partial charge in [0.15, 0.2) is 11.5 Å². The molecule has 4 aromatic carbocycles. The maximum absolute atomic E-state index is 14.7. The fourth-order valence-electron chi connectivity index (χ4n) is 5.31. The van der Waals surface area contributed by atoms with Crippen molar-refractivity contribution in [3.05, 3.63) is 113 Å². The number of sulfonamides is 1. The van der Waals surface area contributed by atoms with Gasteiger partial charge in [-0.25, -0.2) is 8.42 Å². The normalized spacial score (nSPS) is 12.4. The second-order valence-electron chi connectivity index (χ2n) is 11.6. The third kappa shape index (κ3) is 9.48. The Morgan fingerprint density at radius 2 is 1.52 bits per heavy atom. The second-order valence-corrected chi connectivity index (χ2v) is 13.9. The summed E-state index contributed by atoms with van der Waals surface area (Å²) in [6.45, 7) is 5.44. The predicted molar refractivity (Wildman–Crippen MR) is 196 cm³/mol. The molecule has 50 heavy (non-hydrogen) atoms. The molecule has 266 valence electrons. The van der Waals surface area contributed by atoms with E-state index in [0.717, 1.165) is 9.87 Å². The average Bonchev–Trinajstić information content (AvgIpc) is 3.13. The number of amides is 2. The van der Waals surface area contributed by atoms with Crippen LogP contribution < -0.4 is 23.8 Å². The molecule has 0 heterocycles. The van der Waals surface area contributed by atoms with Gasteiger partial charge < -0.3 is 24.4 Å². The number of methoxy groups -OCH3 is 2. The zero-order chi connectivity index (χ0) is 36.3. The minimum atomic E-state index is -4.39. The number of anilines is 1. The van der Waals surface area contributed by atoms with E-state index in [1.807, 2.05) is 51.1 Å². The van der Waals surface area contributed by atoms with Crippen LogP contribution in [0, 0.1) is 0 Å². The highest BCUT2D eigenvalue weighted by atomic mass is 35.5. The zero-order valence-electron chi connectivity index (χ0n) is 29.0. The van der Waals surface area contributed by atoms with Gasteiger partial charge in [0.1, 0.15) is 18.3 Å².